The quantitative estimate of drug-likeness (QED) is 0.323. The zero-order valence-corrected chi connectivity index (χ0v) is 17.5. The number of hydrogen-bond donors (Lipinski definition) is 1. The lowest BCUT2D eigenvalue weighted by Gasteiger charge is -2.17. The van der Waals surface area contributed by atoms with E-state index in [0.29, 0.717) is 16.7 Å². The topological polar surface area (TPSA) is 49.8 Å². The van der Waals surface area contributed by atoms with Crippen LogP contribution in [0.4, 0.5) is 5.69 Å². The molecule has 0 bridgehead atoms. The molecule has 0 amide bonds. The SMILES string of the molecule is Cc1cc(C#N)c(C)c(C#CCCCCCCCCCC(C)(C)C)c1N. The van der Waals surface area contributed by atoms with Gasteiger partial charge in [0.1, 0.15) is 0 Å². The molecule has 0 spiro atoms. The molecule has 2 N–H and O–H groups in total. The number of rotatable bonds is 8. The molecule has 0 saturated carbocycles. The van der Waals surface area contributed by atoms with E-state index in [2.05, 4.69) is 38.7 Å². The zero-order chi connectivity index (χ0) is 19.6. The number of anilines is 1. The highest BCUT2D eigenvalue weighted by Crippen LogP contribution is 2.24. The normalized spacial score (nSPS) is 10.9. The summed E-state index contributed by atoms with van der Waals surface area (Å²) in [5.41, 5.74) is 10.7. The minimum absolute atomic E-state index is 0.478. The van der Waals surface area contributed by atoms with E-state index in [0.717, 1.165) is 29.5 Å². The van der Waals surface area contributed by atoms with Crippen molar-refractivity contribution in [3.05, 3.63) is 28.3 Å². The van der Waals surface area contributed by atoms with Crippen LogP contribution in [0.15, 0.2) is 6.07 Å². The van der Waals surface area contributed by atoms with E-state index in [1.807, 2.05) is 19.9 Å². The number of nitrogens with zero attached hydrogens (tertiary/aromatic N) is 1. The van der Waals surface area contributed by atoms with Gasteiger partial charge in [-0.05, 0) is 49.3 Å². The summed E-state index contributed by atoms with van der Waals surface area (Å²) in [4.78, 5) is 0. The van der Waals surface area contributed by atoms with Crippen molar-refractivity contribution >= 4 is 5.69 Å². The summed E-state index contributed by atoms with van der Waals surface area (Å²) in [7, 11) is 0. The van der Waals surface area contributed by atoms with E-state index in [9.17, 15) is 5.26 Å². The van der Waals surface area contributed by atoms with Gasteiger partial charge >= 0.3 is 0 Å². The largest absolute Gasteiger partial charge is 0.397 e. The van der Waals surface area contributed by atoms with Gasteiger partial charge in [0.25, 0.3) is 0 Å². The third-order valence-corrected chi connectivity index (χ3v) is 4.90. The maximum atomic E-state index is 9.20. The fourth-order valence-electron chi connectivity index (χ4n) is 3.12. The predicted octanol–water partition coefficient (Wildman–Crippen LogP) is 6.67. The molecule has 0 atom stereocenters. The van der Waals surface area contributed by atoms with Gasteiger partial charge in [-0.1, -0.05) is 71.1 Å². The molecule has 0 saturated heterocycles. The van der Waals surface area contributed by atoms with Crippen LogP contribution in [0.25, 0.3) is 0 Å². The van der Waals surface area contributed by atoms with Crippen molar-refractivity contribution in [2.75, 3.05) is 5.73 Å². The van der Waals surface area contributed by atoms with E-state index in [4.69, 9.17) is 5.73 Å². The van der Waals surface area contributed by atoms with Gasteiger partial charge in [-0.3, -0.25) is 0 Å². The van der Waals surface area contributed by atoms with Crippen molar-refractivity contribution < 1.29 is 0 Å². The number of nitriles is 1. The van der Waals surface area contributed by atoms with E-state index in [1.54, 1.807) is 0 Å². The zero-order valence-electron chi connectivity index (χ0n) is 17.5. The first-order valence-electron chi connectivity index (χ1n) is 10.0. The van der Waals surface area contributed by atoms with Gasteiger partial charge in [-0.15, -0.1) is 0 Å². The highest BCUT2D eigenvalue weighted by atomic mass is 14.6. The second-order valence-corrected chi connectivity index (χ2v) is 8.60. The van der Waals surface area contributed by atoms with E-state index < -0.39 is 0 Å². The van der Waals surface area contributed by atoms with Crippen LogP contribution in [0.5, 0.6) is 0 Å². The van der Waals surface area contributed by atoms with E-state index >= 15 is 0 Å². The lowest BCUT2D eigenvalue weighted by atomic mass is 9.89. The third-order valence-electron chi connectivity index (χ3n) is 4.90. The Labute approximate surface area is 161 Å². The minimum atomic E-state index is 0.478. The van der Waals surface area contributed by atoms with Crippen molar-refractivity contribution in [2.24, 2.45) is 5.41 Å². The molecule has 0 aliphatic heterocycles. The second kappa shape index (κ2) is 10.9. The van der Waals surface area contributed by atoms with Crippen LogP contribution >= 0.6 is 0 Å². The van der Waals surface area contributed by atoms with Crippen molar-refractivity contribution in [3.8, 4) is 17.9 Å². The Balaban J connectivity index is 2.28. The first kappa shape index (κ1) is 22.1. The highest BCUT2D eigenvalue weighted by molar-refractivity contribution is 5.67. The van der Waals surface area contributed by atoms with Crippen LogP contribution < -0.4 is 5.73 Å². The average Bonchev–Trinajstić information content (AvgIpc) is 2.57. The van der Waals surface area contributed by atoms with E-state index in [1.165, 1.54) is 44.9 Å². The van der Waals surface area contributed by atoms with Gasteiger partial charge in [0.05, 0.1) is 22.9 Å². The Kier molecular flexibility index (Phi) is 9.29. The summed E-state index contributed by atoms with van der Waals surface area (Å²) in [6.45, 7) is 10.8. The summed E-state index contributed by atoms with van der Waals surface area (Å²) < 4.78 is 0. The number of aryl methyl sites for hydroxylation is 1. The van der Waals surface area contributed by atoms with Crippen molar-refractivity contribution in [3.63, 3.8) is 0 Å². The molecule has 1 aromatic carbocycles. The van der Waals surface area contributed by atoms with Crippen LogP contribution in [0, 0.1) is 42.4 Å². The molecular weight excluding hydrogens is 316 g/mol. The second-order valence-electron chi connectivity index (χ2n) is 8.60. The number of benzene rings is 1. The van der Waals surface area contributed by atoms with Crippen LogP contribution in [0.3, 0.4) is 0 Å². The van der Waals surface area contributed by atoms with Crippen LogP contribution in [0.2, 0.25) is 0 Å². The van der Waals surface area contributed by atoms with Crippen LogP contribution in [-0.4, -0.2) is 0 Å². The van der Waals surface area contributed by atoms with Crippen molar-refractivity contribution in [1.82, 2.24) is 0 Å². The fourth-order valence-corrected chi connectivity index (χ4v) is 3.12. The monoisotopic (exact) mass is 352 g/mol. The van der Waals surface area contributed by atoms with E-state index in [-0.39, 0.29) is 0 Å². The summed E-state index contributed by atoms with van der Waals surface area (Å²) >= 11 is 0. The van der Waals surface area contributed by atoms with Gasteiger partial charge in [-0.2, -0.15) is 5.26 Å². The molecule has 26 heavy (non-hydrogen) atoms. The first-order chi connectivity index (χ1) is 12.3. The molecule has 2 heteroatoms. The summed E-state index contributed by atoms with van der Waals surface area (Å²) in [6, 6.07) is 4.07. The Morgan fingerprint density at radius 3 is 2.12 bits per heavy atom. The molecule has 2 nitrogen and oxygen atoms in total. The molecule has 1 aromatic rings. The van der Waals surface area contributed by atoms with Gasteiger partial charge in [0, 0.05) is 6.42 Å². The Morgan fingerprint density at radius 1 is 0.962 bits per heavy atom. The highest BCUT2D eigenvalue weighted by Gasteiger charge is 2.09. The van der Waals surface area contributed by atoms with Crippen molar-refractivity contribution in [1.29, 1.82) is 5.26 Å². The lowest BCUT2D eigenvalue weighted by Crippen LogP contribution is -2.03. The fraction of sp³-hybridized carbons (Fsp3) is 0.625. The maximum absolute atomic E-state index is 9.20. The lowest BCUT2D eigenvalue weighted by molar-refractivity contribution is 0.356. The Bertz CT molecular complexity index is 675. The van der Waals surface area contributed by atoms with Gasteiger partial charge in [0.2, 0.25) is 0 Å². The molecular formula is C24H36N2. The number of nitrogens with two attached hydrogens (primary N) is 1. The molecule has 0 radical (unpaired) electrons. The molecule has 0 fully saturated rings. The Morgan fingerprint density at radius 2 is 1.54 bits per heavy atom. The molecule has 1 rings (SSSR count). The van der Waals surface area contributed by atoms with Gasteiger partial charge in [-0.25, -0.2) is 0 Å². The van der Waals surface area contributed by atoms with Crippen LogP contribution in [0.1, 0.15) is 101 Å². The minimum Gasteiger partial charge on any atom is -0.397 e. The molecule has 142 valence electrons. The average molecular weight is 353 g/mol. The molecule has 0 unspecified atom stereocenters. The van der Waals surface area contributed by atoms with Gasteiger partial charge < -0.3 is 5.73 Å². The smallest absolute Gasteiger partial charge is 0.0994 e. The summed E-state index contributed by atoms with van der Waals surface area (Å²) in [6.07, 6.45) is 11.4. The van der Waals surface area contributed by atoms with Crippen LogP contribution in [-0.2, 0) is 0 Å². The molecule has 0 heterocycles. The van der Waals surface area contributed by atoms with Crippen molar-refractivity contribution in [2.45, 2.75) is 92.4 Å². The van der Waals surface area contributed by atoms with Gasteiger partial charge in [0.15, 0.2) is 0 Å². The molecule has 0 aliphatic rings. The summed E-state index contributed by atoms with van der Waals surface area (Å²) in [5, 5.41) is 9.20. The first-order valence-corrected chi connectivity index (χ1v) is 10.0. The Hall–Kier alpha value is -1.93. The third kappa shape index (κ3) is 7.97. The number of unbranched alkanes of at least 4 members (excludes halogenated alkanes) is 7. The predicted molar refractivity (Wildman–Crippen MR) is 113 cm³/mol. The molecule has 0 aromatic heterocycles. The summed E-state index contributed by atoms with van der Waals surface area (Å²) in [5.74, 6) is 6.45. The standard InChI is InChI=1S/C24H36N2/c1-19-17-21(18-25)20(2)22(23(19)26)15-13-11-9-7-6-8-10-12-14-16-24(3,4)5/h17H,6-12,14,16,26H2,1-5H3. The number of hydrogen-bond acceptors (Lipinski definition) is 2. The maximum Gasteiger partial charge on any atom is 0.0994 e. The molecule has 0 aliphatic carbocycles. The number of nitrogen functional groups attached to an aromatic ring is 1.